The predicted octanol–water partition coefficient (Wildman–Crippen LogP) is 4.34. The highest BCUT2D eigenvalue weighted by Crippen LogP contribution is 2.18. The van der Waals surface area contributed by atoms with Crippen molar-refractivity contribution >= 4 is 17.7 Å². The number of amides is 1. The largest absolute Gasteiger partial charge is 0.478 e. The number of carbonyl (C=O) groups is 1. The molecule has 0 bridgehead atoms. The molecule has 25 heavy (non-hydrogen) atoms. The molecule has 0 unspecified atom stereocenters. The van der Waals surface area contributed by atoms with E-state index in [0.717, 1.165) is 11.5 Å². The first-order valence-corrected chi connectivity index (χ1v) is 9.57. The molecule has 0 aliphatic heterocycles. The van der Waals surface area contributed by atoms with Gasteiger partial charge in [0, 0.05) is 18.1 Å². The summed E-state index contributed by atoms with van der Waals surface area (Å²) in [6, 6.07) is 14.6. The van der Waals surface area contributed by atoms with Crippen molar-refractivity contribution in [2.75, 3.05) is 12.3 Å². The van der Waals surface area contributed by atoms with Gasteiger partial charge in [-0.05, 0) is 31.0 Å². The number of ether oxygens (including phenoxy) is 1. The van der Waals surface area contributed by atoms with Gasteiger partial charge >= 0.3 is 0 Å². The van der Waals surface area contributed by atoms with Crippen molar-refractivity contribution in [3.63, 3.8) is 0 Å². The molecule has 2 aromatic rings. The SMILES string of the molecule is CC[C@@H](Oc1ccccc1F)C(=O)NCCSCc1ccc(C)cc1. The first-order valence-electron chi connectivity index (χ1n) is 8.42. The van der Waals surface area contributed by atoms with Gasteiger partial charge in [0.15, 0.2) is 17.7 Å². The van der Waals surface area contributed by atoms with E-state index in [1.54, 1.807) is 23.9 Å². The zero-order valence-electron chi connectivity index (χ0n) is 14.6. The van der Waals surface area contributed by atoms with Crippen LogP contribution in [0.1, 0.15) is 24.5 Å². The first-order chi connectivity index (χ1) is 12.1. The molecule has 5 heteroatoms. The molecule has 2 rings (SSSR count). The minimum absolute atomic E-state index is 0.109. The molecule has 0 aliphatic rings. The molecular formula is C20H24FNO2S. The number of hydrogen-bond acceptors (Lipinski definition) is 3. The Kier molecular flexibility index (Phi) is 7.79. The molecule has 0 fully saturated rings. The van der Waals surface area contributed by atoms with Gasteiger partial charge in [-0.15, -0.1) is 0 Å². The van der Waals surface area contributed by atoms with Crippen LogP contribution in [0.3, 0.4) is 0 Å². The average Bonchev–Trinajstić information content (AvgIpc) is 2.62. The standard InChI is InChI=1S/C20H24FNO2S/c1-3-18(24-19-7-5-4-6-17(19)21)20(23)22-12-13-25-14-16-10-8-15(2)9-11-16/h4-11,18H,3,12-14H2,1-2H3,(H,22,23)/t18-/m1/s1. The van der Waals surface area contributed by atoms with Gasteiger partial charge in [-0.1, -0.05) is 48.9 Å². The summed E-state index contributed by atoms with van der Waals surface area (Å²) < 4.78 is 19.1. The lowest BCUT2D eigenvalue weighted by atomic mass is 10.2. The van der Waals surface area contributed by atoms with Gasteiger partial charge in [-0.3, -0.25) is 4.79 Å². The molecule has 0 spiro atoms. The fraction of sp³-hybridized carbons (Fsp3) is 0.350. The van der Waals surface area contributed by atoms with Gasteiger partial charge in [0.05, 0.1) is 0 Å². The van der Waals surface area contributed by atoms with E-state index in [0.29, 0.717) is 13.0 Å². The second-order valence-electron chi connectivity index (χ2n) is 5.77. The smallest absolute Gasteiger partial charge is 0.261 e. The second-order valence-corrected chi connectivity index (χ2v) is 6.88. The van der Waals surface area contributed by atoms with Crippen LogP contribution >= 0.6 is 11.8 Å². The monoisotopic (exact) mass is 361 g/mol. The molecule has 1 N–H and O–H groups in total. The maximum absolute atomic E-state index is 13.6. The normalized spacial score (nSPS) is 11.8. The molecule has 0 aliphatic carbocycles. The van der Waals surface area contributed by atoms with E-state index < -0.39 is 11.9 Å². The van der Waals surface area contributed by atoms with Gasteiger partial charge in [-0.2, -0.15) is 11.8 Å². The summed E-state index contributed by atoms with van der Waals surface area (Å²) in [5.74, 6) is 1.18. The van der Waals surface area contributed by atoms with E-state index in [4.69, 9.17) is 4.74 Å². The Morgan fingerprint density at radius 1 is 1.20 bits per heavy atom. The lowest BCUT2D eigenvalue weighted by Crippen LogP contribution is -2.39. The summed E-state index contributed by atoms with van der Waals surface area (Å²) in [5.41, 5.74) is 2.53. The van der Waals surface area contributed by atoms with Gasteiger partial charge in [-0.25, -0.2) is 4.39 Å². The van der Waals surface area contributed by atoms with E-state index in [2.05, 4.69) is 36.5 Å². The van der Waals surface area contributed by atoms with E-state index in [-0.39, 0.29) is 11.7 Å². The Bertz CT molecular complexity index is 676. The summed E-state index contributed by atoms with van der Waals surface area (Å²) in [5, 5.41) is 2.86. The molecule has 0 saturated heterocycles. The molecule has 134 valence electrons. The highest BCUT2D eigenvalue weighted by atomic mass is 32.2. The number of thioether (sulfide) groups is 1. The first kappa shape index (κ1) is 19.3. The maximum Gasteiger partial charge on any atom is 0.261 e. The van der Waals surface area contributed by atoms with E-state index in [1.807, 2.05) is 6.92 Å². The zero-order valence-corrected chi connectivity index (χ0v) is 15.4. The van der Waals surface area contributed by atoms with Gasteiger partial charge in [0.1, 0.15) is 0 Å². The van der Waals surface area contributed by atoms with Crippen molar-refractivity contribution in [2.45, 2.75) is 32.1 Å². The molecule has 0 heterocycles. The van der Waals surface area contributed by atoms with Crippen molar-refractivity contribution in [3.05, 3.63) is 65.5 Å². The predicted molar refractivity (Wildman–Crippen MR) is 101 cm³/mol. The van der Waals surface area contributed by atoms with Crippen molar-refractivity contribution in [3.8, 4) is 5.75 Å². The summed E-state index contributed by atoms with van der Waals surface area (Å²) >= 11 is 1.76. The number of rotatable bonds is 9. The topological polar surface area (TPSA) is 38.3 Å². The summed E-state index contributed by atoms with van der Waals surface area (Å²) in [7, 11) is 0. The highest BCUT2D eigenvalue weighted by Gasteiger charge is 2.19. The fourth-order valence-electron chi connectivity index (χ4n) is 2.25. The lowest BCUT2D eigenvalue weighted by Gasteiger charge is -2.17. The summed E-state index contributed by atoms with van der Waals surface area (Å²) in [4.78, 5) is 12.2. The van der Waals surface area contributed by atoms with Crippen LogP contribution in [0.5, 0.6) is 5.75 Å². The highest BCUT2D eigenvalue weighted by molar-refractivity contribution is 7.98. The van der Waals surface area contributed by atoms with Crippen LogP contribution in [0.25, 0.3) is 0 Å². The van der Waals surface area contributed by atoms with Crippen LogP contribution in [-0.2, 0) is 10.5 Å². The van der Waals surface area contributed by atoms with Crippen LogP contribution in [0.4, 0.5) is 4.39 Å². The number of aryl methyl sites for hydroxylation is 1. The summed E-state index contributed by atoms with van der Waals surface area (Å²) in [6.45, 7) is 4.48. The third kappa shape index (κ3) is 6.42. The van der Waals surface area contributed by atoms with Crippen molar-refractivity contribution in [1.82, 2.24) is 5.32 Å². The Hall–Kier alpha value is -2.01. The van der Waals surface area contributed by atoms with Crippen LogP contribution in [0.15, 0.2) is 48.5 Å². The van der Waals surface area contributed by atoms with Crippen LogP contribution in [0.2, 0.25) is 0 Å². The molecule has 1 atom stereocenters. The zero-order chi connectivity index (χ0) is 18.1. The Labute approximate surface area is 153 Å². The van der Waals surface area contributed by atoms with Crippen molar-refractivity contribution < 1.29 is 13.9 Å². The maximum atomic E-state index is 13.6. The van der Waals surface area contributed by atoms with E-state index in [9.17, 15) is 9.18 Å². The Morgan fingerprint density at radius 3 is 2.60 bits per heavy atom. The van der Waals surface area contributed by atoms with Gasteiger partial charge < -0.3 is 10.1 Å². The van der Waals surface area contributed by atoms with Crippen LogP contribution in [0, 0.1) is 12.7 Å². The number of halogens is 1. The lowest BCUT2D eigenvalue weighted by molar-refractivity contribution is -0.128. The molecular weight excluding hydrogens is 337 g/mol. The van der Waals surface area contributed by atoms with Crippen LogP contribution < -0.4 is 10.1 Å². The third-order valence-corrected chi connectivity index (χ3v) is 4.73. The number of benzene rings is 2. The number of nitrogens with one attached hydrogen (secondary N) is 1. The minimum Gasteiger partial charge on any atom is -0.478 e. The summed E-state index contributed by atoms with van der Waals surface area (Å²) in [6.07, 6.45) is -0.199. The Balaban J connectivity index is 1.71. The Morgan fingerprint density at radius 2 is 1.92 bits per heavy atom. The van der Waals surface area contributed by atoms with Crippen LogP contribution in [-0.4, -0.2) is 24.3 Å². The average molecular weight is 361 g/mol. The molecule has 2 aromatic carbocycles. The molecule has 1 amide bonds. The molecule has 3 nitrogen and oxygen atoms in total. The fourth-order valence-corrected chi connectivity index (χ4v) is 3.07. The number of hydrogen-bond donors (Lipinski definition) is 1. The van der Waals surface area contributed by atoms with Crippen molar-refractivity contribution in [2.24, 2.45) is 0 Å². The molecule has 0 aromatic heterocycles. The second kappa shape index (κ2) is 10.1. The molecule has 0 saturated carbocycles. The van der Waals surface area contributed by atoms with E-state index in [1.165, 1.54) is 23.3 Å². The number of para-hydroxylation sites is 1. The van der Waals surface area contributed by atoms with Gasteiger partial charge in [0.25, 0.3) is 5.91 Å². The quantitative estimate of drug-likeness (QED) is 0.675. The van der Waals surface area contributed by atoms with E-state index >= 15 is 0 Å². The minimum atomic E-state index is -0.681. The third-order valence-electron chi connectivity index (χ3n) is 3.70. The molecule has 0 radical (unpaired) electrons. The van der Waals surface area contributed by atoms with Gasteiger partial charge in [0.2, 0.25) is 0 Å². The number of carbonyl (C=O) groups excluding carboxylic acids is 1. The van der Waals surface area contributed by atoms with Crippen molar-refractivity contribution in [1.29, 1.82) is 0 Å².